The van der Waals surface area contributed by atoms with Crippen LogP contribution in [0.4, 0.5) is 0 Å². The summed E-state index contributed by atoms with van der Waals surface area (Å²) >= 11 is 7.98. The van der Waals surface area contributed by atoms with Crippen molar-refractivity contribution in [2.45, 2.75) is 36.5 Å². The summed E-state index contributed by atoms with van der Waals surface area (Å²) in [6.07, 6.45) is 4.08. The van der Waals surface area contributed by atoms with Gasteiger partial charge in [-0.1, -0.05) is 48.4 Å². The predicted octanol–water partition coefficient (Wildman–Crippen LogP) is 5.62. The Balaban J connectivity index is 1.65. The molecule has 3 heteroatoms. The largest absolute Gasteiger partial charge is 0.299 e. The van der Waals surface area contributed by atoms with Crippen LogP contribution in [0.3, 0.4) is 0 Å². The van der Waals surface area contributed by atoms with E-state index < -0.39 is 0 Å². The third-order valence-electron chi connectivity index (χ3n) is 4.10. The van der Waals surface area contributed by atoms with E-state index in [0.29, 0.717) is 0 Å². The number of benzene rings is 2. The van der Waals surface area contributed by atoms with Gasteiger partial charge in [-0.05, 0) is 55.3 Å². The van der Waals surface area contributed by atoms with Gasteiger partial charge in [0.1, 0.15) is 0 Å². The molecule has 22 heavy (non-hydrogen) atoms. The lowest BCUT2D eigenvalue weighted by atomic mass is 10.1. The summed E-state index contributed by atoms with van der Waals surface area (Å²) in [4.78, 5) is 3.98. The van der Waals surface area contributed by atoms with Crippen LogP contribution in [0.1, 0.15) is 30.4 Å². The Labute approximate surface area is 142 Å². The summed E-state index contributed by atoms with van der Waals surface area (Å²) in [6, 6.07) is 17.0. The van der Waals surface area contributed by atoms with Crippen LogP contribution in [-0.4, -0.2) is 18.0 Å². The Morgan fingerprint density at radius 3 is 2.59 bits per heavy atom. The van der Waals surface area contributed by atoms with Crippen LogP contribution in [0.15, 0.2) is 53.4 Å². The molecule has 2 aromatic rings. The third kappa shape index (κ3) is 4.52. The molecule has 3 rings (SSSR count). The van der Waals surface area contributed by atoms with Gasteiger partial charge >= 0.3 is 0 Å². The number of piperidine rings is 1. The van der Waals surface area contributed by atoms with Gasteiger partial charge in [0.15, 0.2) is 0 Å². The molecule has 0 aromatic heterocycles. The van der Waals surface area contributed by atoms with Crippen molar-refractivity contribution in [1.82, 2.24) is 4.90 Å². The first-order valence-electron chi connectivity index (χ1n) is 7.99. The van der Waals surface area contributed by atoms with Crippen LogP contribution in [0.5, 0.6) is 0 Å². The zero-order valence-electron chi connectivity index (χ0n) is 12.8. The zero-order chi connectivity index (χ0) is 15.2. The standard InChI is InChI=1S/C19H22ClNS/c20-18-9-6-7-16(13-18)15-22-19-10-3-2-8-17(19)14-21-11-4-1-5-12-21/h2-3,6-10,13H,1,4-5,11-12,14-15H2. The van der Waals surface area contributed by atoms with Gasteiger partial charge < -0.3 is 0 Å². The molecule has 0 atom stereocenters. The highest BCUT2D eigenvalue weighted by atomic mass is 35.5. The van der Waals surface area contributed by atoms with Crippen LogP contribution in [0.25, 0.3) is 0 Å². The molecule has 1 aliphatic rings. The number of hydrogen-bond acceptors (Lipinski definition) is 2. The average molecular weight is 332 g/mol. The van der Waals surface area contributed by atoms with Gasteiger partial charge in [-0.15, -0.1) is 11.8 Å². The van der Waals surface area contributed by atoms with Gasteiger partial charge in [0.05, 0.1) is 0 Å². The lowest BCUT2D eigenvalue weighted by Gasteiger charge is -2.27. The summed E-state index contributed by atoms with van der Waals surface area (Å²) in [7, 11) is 0. The Morgan fingerprint density at radius 1 is 0.955 bits per heavy atom. The van der Waals surface area contributed by atoms with Crippen molar-refractivity contribution in [2.24, 2.45) is 0 Å². The molecule has 0 radical (unpaired) electrons. The van der Waals surface area contributed by atoms with Crippen molar-refractivity contribution < 1.29 is 0 Å². The fourth-order valence-corrected chi connectivity index (χ4v) is 4.13. The molecule has 0 bridgehead atoms. The number of thioether (sulfide) groups is 1. The minimum atomic E-state index is 0.819. The monoisotopic (exact) mass is 331 g/mol. The minimum absolute atomic E-state index is 0.819. The van der Waals surface area contributed by atoms with Gasteiger partial charge in [0.2, 0.25) is 0 Å². The second-order valence-corrected chi connectivity index (χ2v) is 7.32. The quantitative estimate of drug-likeness (QED) is 0.654. The lowest BCUT2D eigenvalue weighted by Crippen LogP contribution is -2.29. The van der Waals surface area contributed by atoms with E-state index in [2.05, 4.69) is 41.3 Å². The van der Waals surface area contributed by atoms with Crippen molar-refractivity contribution in [3.8, 4) is 0 Å². The summed E-state index contributed by atoms with van der Waals surface area (Å²) in [6.45, 7) is 3.57. The summed E-state index contributed by atoms with van der Waals surface area (Å²) in [5, 5.41) is 0.819. The molecule has 1 aliphatic heterocycles. The Kier molecular flexibility index (Phi) is 5.82. The van der Waals surface area contributed by atoms with E-state index in [4.69, 9.17) is 11.6 Å². The van der Waals surface area contributed by atoms with Crippen LogP contribution < -0.4 is 0 Å². The Hall–Kier alpha value is -0.960. The number of nitrogens with zero attached hydrogens (tertiary/aromatic N) is 1. The second-order valence-electron chi connectivity index (χ2n) is 5.86. The van der Waals surface area contributed by atoms with E-state index in [1.807, 2.05) is 23.9 Å². The van der Waals surface area contributed by atoms with Crippen molar-refractivity contribution in [2.75, 3.05) is 13.1 Å². The minimum Gasteiger partial charge on any atom is -0.299 e. The molecule has 1 fully saturated rings. The number of rotatable bonds is 5. The van der Waals surface area contributed by atoms with Crippen LogP contribution in [0, 0.1) is 0 Å². The molecule has 116 valence electrons. The van der Waals surface area contributed by atoms with E-state index >= 15 is 0 Å². The van der Waals surface area contributed by atoms with Gasteiger partial charge in [0, 0.05) is 22.2 Å². The van der Waals surface area contributed by atoms with E-state index in [9.17, 15) is 0 Å². The van der Waals surface area contributed by atoms with Gasteiger partial charge in [-0.25, -0.2) is 0 Å². The summed E-state index contributed by atoms with van der Waals surface area (Å²) in [5.74, 6) is 0.970. The topological polar surface area (TPSA) is 3.24 Å². The first-order chi connectivity index (χ1) is 10.8. The molecule has 0 spiro atoms. The van der Waals surface area contributed by atoms with Gasteiger partial charge in [-0.3, -0.25) is 4.90 Å². The lowest BCUT2D eigenvalue weighted by molar-refractivity contribution is 0.219. The van der Waals surface area contributed by atoms with Crippen molar-refractivity contribution in [1.29, 1.82) is 0 Å². The van der Waals surface area contributed by atoms with Crippen molar-refractivity contribution in [3.05, 3.63) is 64.7 Å². The fourth-order valence-electron chi connectivity index (χ4n) is 2.92. The molecule has 2 aromatic carbocycles. The molecule has 0 saturated carbocycles. The predicted molar refractivity (Wildman–Crippen MR) is 96.6 cm³/mol. The number of likely N-dealkylation sites (tertiary alicyclic amines) is 1. The molecular weight excluding hydrogens is 310 g/mol. The normalized spacial score (nSPS) is 15.9. The van der Waals surface area contributed by atoms with Crippen LogP contribution in [0.2, 0.25) is 5.02 Å². The molecular formula is C19H22ClNS. The fraction of sp³-hybridized carbons (Fsp3) is 0.368. The van der Waals surface area contributed by atoms with E-state index in [-0.39, 0.29) is 0 Å². The maximum atomic E-state index is 6.07. The molecule has 1 heterocycles. The highest BCUT2D eigenvalue weighted by Crippen LogP contribution is 2.28. The van der Waals surface area contributed by atoms with Gasteiger partial charge in [-0.2, -0.15) is 0 Å². The smallest absolute Gasteiger partial charge is 0.0409 e. The first-order valence-corrected chi connectivity index (χ1v) is 9.35. The van der Waals surface area contributed by atoms with Crippen LogP contribution >= 0.6 is 23.4 Å². The van der Waals surface area contributed by atoms with Gasteiger partial charge in [0.25, 0.3) is 0 Å². The summed E-state index contributed by atoms with van der Waals surface area (Å²) in [5.41, 5.74) is 2.74. The SMILES string of the molecule is Clc1cccc(CSc2ccccc2CN2CCCCC2)c1. The molecule has 0 aliphatic carbocycles. The Bertz CT molecular complexity index is 608. The third-order valence-corrected chi connectivity index (χ3v) is 5.52. The maximum absolute atomic E-state index is 6.07. The molecule has 0 N–H and O–H groups in total. The van der Waals surface area contributed by atoms with Crippen molar-refractivity contribution in [3.63, 3.8) is 0 Å². The molecule has 1 saturated heterocycles. The van der Waals surface area contributed by atoms with E-state index in [1.165, 1.54) is 48.4 Å². The van der Waals surface area contributed by atoms with Crippen molar-refractivity contribution >= 4 is 23.4 Å². The molecule has 1 nitrogen and oxygen atoms in total. The maximum Gasteiger partial charge on any atom is 0.0409 e. The number of halogens is 1. The van der Waals surface area contributed by atoms with Crippen LogP contribution in [-0.2, 0) is 12.3 Å². The van der Waals surface area contributed by atoms with E-state index in [0.717, 1.165) is 17.3 Å². The zero-order valence-corrected chi connectivity index (χ0v) is 14.4. The first kappa shape index (κ1) is 15.9. The average Bonchev–Trinajstić information content (AvgIpc) is 2.55. The molecule has 0 amide bonds. The highest BCUT2D eigenvalue weighted by Gasteiger charge is 2.12. The molecule has 0 unspecified atom stereocenters. The summed E-state index contributed by atoms with van der Waals surface area (Å²) < 4.78 is 0. The Morgan fingerprint density at radius 2 is 1.77 bits per heavy atom. The second kappa shape index (κ2) is 8.05. The van der Waals surface area contributed by atoms with E-state index in [1.54, 1.807) is 0 Å². The highest BCUT2D eigenvalue weighted by molar-refractivity contribution is 7.98. The number of hydrogen-bond donors (Lipinski definition) is 0.